The number of hydrogen-bond acceptors (Lipinski definition) is 5. The van der Waals surface area contributed by atoms with Crippen LogP contribution < -0.4 is 0 Å². The Bertz CT molecular complexity index is 423. The van der Waals surface area contributed by atoms with Crippen LogP contribution in [0.15, 0.2) is 0 Å². The monoisotopic (exact) mass is 313 g/mol. The Hall–Kier alpha value is -1.30. The molecule has 1 unspecified atom stereocenters. The molecular formula is C16H27NO5. The van der Waals surface area contributed by atoms with Crippen molar-refractivity contribution >= 4 is 12.1 Å². The van der Waals surface area contributed by atoms with Crippen molar-refractivity contribution < 1.29 is 23.8 Å². The number of likely N-dealkylation sites (tertiary alicyclic amines) is 1. The topological polar surface area (TPSA) is 65.1 Å². The Morgan fingerprint density at radius 2 is 1.77 bits per heavy atom. The molecule has 22 heavy (non-hydrogen) atoms. The number of hydrogen-bond donors (Lipinski definition) is 0. The third-order valence-electron chi connectivity index (χ3n) is 4.18. The zero-order valence-electron chi connectivity index (χ0n) is 14.0. The summed E-state index contributed by atoms with van der Waals surface area (Å²) >= 11 is 0. The molecule has 1 heterocycles. The molecule has 0 spiro atoms. The van der Waals surface area contributed by atoms with Gasteiger partial charge in [0.05, 0.1) is 0 Å². The molecule has 2 aliphatic rings. The van der Waals surface area contributed by atoms with E-state index < -0.39 is 23.5 Å². The number of ether oxygens (including phenoxy) is 3. The third kappa shape index (κ3) is 3.91. The highest BCUT2D eigenvalue weighted by Gasteiger charge is 2.43. The molecule has 0 aromatic rings. The lowest BCUT2D eigenvalue weighted by Gasteiger charge is -2.31. The Morgan fingerprint density at radius 1 is 1.14 bits per heavy atom. The molecule has 0 aromatic carbocycles. The molecule has 1 atom stereocenters. The van der Waals surface area contributed by atoms with E-state index in [0.717, 1.165) is 19.3 Å². The highest BCUT2D eigenvalue weighted by molar-refractivity contribution is 5.82. The number of carbonyl (C=O) groups is 2. The molecule has 0 radical (unpaired) electrons. The van der Waals surface area contributed by atoms with Crippen molar-refractivity contribution in [1.29, 1.82) is 0 Å². The first-order valence-corrected chi connectivity index (χ1v) is 8.04. The number of esters is 1. The summed E-state index contributed by atoms with van der Waals surface area (Å²) in [5.41, 5.74) is -0.576. The summed E-state index contributed by atoms with van der Waals surface area (Å²) in [7, 11) is 1.57. The molecule has 1 saturated carbocycles. The highest BCUT2D eigenvalue weighted by Crippen LogP contribution is 2.35. The first kappa shape index (κ1) is 17.1. The van der Waals surface area contributed by atoms with Gasteiger partial charge in [-0.2, -0.15) is 0 Å². The summed E-state index contributed by atoms with van der Waals surface area (Å²) in [6.45, 7) is 5.96. The van der Waals surface area contributed by atoms with E-state index in [-0.39, 0.29) is 5.97 Å². The Balaban J connectivity index is 2.00. The molecule has 126 valence electrons. The van der Waals surface area contributed by atoms with Gasteiger partial charge in [0.1, 0.15) is 11.6 Å². The van der Waals surface area contributed by atoms with Crippen molar-refractivity contribution in [3.63, 3.8) is 0 Å². The number of nitrogens with zero attached hydrogens (tertiary/aromatic N) is 1. The maximum atomic E-state index is 12.5. The molecule has 2 fully saturated rings. The minimum Gasteiger partial charge on any atom is -0.444 e. The Morgan fingerprint density at radius 3 is 2.32 bits per heavy atom. The summed E-state index contributed by atoms with van der Waals surface area (Å²) < 4.78 is 16.4. The van der Waals surface area contributed by atoms with Crippen LogP contribution in [-0.2, 0) is 19.0 Å². The van der Waals surface area contributed by atoms with Crippen molar-refractivity contribution in [3.05, 3.63) is 0 Å². The van der Waals surface area contributed by atoms with Gasteiger partial charge >= 0.3 is 12.1 Å². The maximum Gasteiger partial charge on any atom is 0.411 e. The summed E-state index contributed by atoms with van der Waals surface area (Å²) in [6, 6.07) is -0.567. The lowest BCUT2D eigenvalue weighted by molar-refractivity contribution is -0.221. The standard InChI is InChI=1S/C16H27NO5/c1-15(2,3)22-14(19)17-11-7-8-12(17)13(18)21-16(20-4)9-5-6-10-16/h12H,5-11H2,1-4H3. The van der Waals surface area contributed by atoms with Gasteiger partial charge in [0.25, 0.3) is 0 Å². The normalized spacial score (nSPS) is 24.4. The molecular weight excluding hydrogens is 286 g/mol. The van der Waals surface area contributed by atoms with E-state index in [2.05, 4.69) is 0 Å². The lowest BCUT2D eigenvalue weighted by atomic mass is 10.2. The first-order valence-electron chi connectivity index (χ1n) is 8.04. The van der Waals surface area contributed by atoms with Crippen LogP contribution in [0.1, 0.15) is 59.3 Å². The molecule has 6 nitrogen and oxygen atoms in total. The summed E-state index contributed by atoms with van der Waals surface area (Å²) in [5.74, 6) is -1.19. The number of methoxy groups -OCH3 is 1. The quantitative estimate of drug-likeness (QED) is 0.592. The second-order valence-corrected chi connectivity index (χ2v) is 7.07. The van der Waals surface area contributed by atoms with Crippen LogP contribution in [0.4, 0.5) is 4.79 Å². The van der Waals surface area contributed by atoms with E-state index in [4.69, 9.17) is 14.2 Å². The number of amides is 1. The van der Waals surface area contributed by atoms with Gasteiger partial charge in [-0.1, -0.05) is 0 Å². The minimum atomic E-state index is -0.806. The van der Waals surface area contributed by atoms with E-state index >= 15 is 0 Å². The predicted molar refractivity (Wildman–Crippen MR) is 80.3 cm³/mol. The second-order valence-electron chi connectivity index (χ2n) is 7.07. The van der Waals surface area contributed by atoms with Crippen LogP contribution in [-0.4, -0.2) is 48.0 Å². The van der Waals surface area contributed by atoms with E-state index in [9.17, 15) is 9.59 Å². The van der Waals surface area contributed by atoms with Gasteiger partial charge in [-0.05, 0) is 46.5 Å². The summed E-state index contributed by atoms with van der Waals surface area (Å²) in [5, 5.41) is 0. The lowest BCUT2D eigenvalue weighted by Crippen LogP contribution is -2.47. The number of carbonyl (C=O) groups excluding carboxylic acids is 2. The molecule has 1 amide bonds. The zero-order valence-corrected chi connectivity index (χ0v) is 14.0. The second kappa shape index (κ2) is 6.44. The van der Waals surface area contributed by atoms with E-state index in [1.54, 1.807) is 7.11 Å². The summed E-state index contributed by atoms with van der Waals surface area (Å²) in [6.07, 6.45) is 4.34. The van der Waals surface area contributed by atoms with Crippen molar-refractivity contribution in [1.82, 2.24) is 4.90 Å². The minimum absolute atomic E-state index is 0.382. The van der Waals surface area contributed by atoms with Crippen LogP contribution in [0.2, 0.25) is 0 Å². The Labute approximate surface area is 132 Å². The molecule has 1 aliphatic heterocycles. The van der Waals surface area contributed by atoms with Crippen molar-refractivity contribution in [2.24, 2.45) is 0 Å². The van der Waals surface area contributed by atoms with Crippen LogP contribution in [0.3, 0.4) is 0 Å². The van der Waals surface area contributed by atoms with Gasteiger partial charge in [-0.3, -0.25) is 4.90 Å². The average molecular weight is 313 g/mol. The van der Waals surface area contributed by atoms with Gasteiger partial charge < -0.3 is 14.2 Å². The third-order valence-corrected chi connectivity index (χ3v) is 4.18. The van der Waals surface area contributed by atoms with E-state index in [1.807, 2.05) is 20.8 Å². The smallest absolute Gasteiger partial charge is 0.411 e. The molecule has 0 N–H and O–H groups in total. The predicted octanol–water partition coefficient (Wildman–Crippen LogP) is 2.85. The summed E-state index contributed by atoms with van der Waals surface area (Å²) in [4.78, 5) is 26.2. The van der Waals surface area contributed by atoms with Gasteiger partial charge in [0.2, 0.25) is 5.79 Å². The highest BCUT2D eigenvalue weighted by atomic mass is 16.7. The van der Waals surface area contributed by atoms with Gasteiger partial charge in [0, 0.05) is 26.5 Å². The molecule has 0 bridgehead atoms. The molecule has 2 rings (SSSR count). The van der Waals surface area contributed by atoms with Crippen molar-refractivity contribution in [2.75, 3.05) is 13.7 Å². The van der Waals surface area contributed by atoms with E-state index in [0.29, 0.717) is 25.8 Å². The maximum absolute atomic E-state index is 12.5. The van der Waals surface area contributed by atoms with Crippen LogP contribution >= 0.6 is 0 Å². The van der Waals surface area contributed by atoms with Crippen LogP contribution in [0.5, 0.6) is 0 Å². The van der Waals surface area contributed by atoms with Gasteiger partial charge in [0.15, 0.2) is 0 Å². The fraction of sp³-hybridized carbons (Fsp3) is 0.875. The largest absolute Gasteiger partial charge is 0.444 e. The molecule has 1 aliphatic carbocycles. The molecule has 6 heteroatoms. The van der Waals surface area contributed by atoms with Gasteiger partial charge in [-0.25, -0.2) is 9.59 Å². The van der Waals surface area contributed by atoms with Crippen LogP contribution in [0.25, 0.3) is 0 Å². The molecule has 1 saturated heterocycles. The first-order chi connectivity index (χ1) is 10.3. The average Bonchev–Trinajstić information content (AvgIpc) is 3.05. The van der Waals surface area contributed by atoms with Gasteiger partial charge in [-0.15, -0.1) is 0 Å². The fourth-order valence-electron chi connectivity index (χ4n) is 3.06. The number of rotatable bonds is 3. The fourth-order valence-corrected chi connectivity index (χ4v) is 3.06. The molecule has 0 aromatic heterocycles. The SMILES string of the molecule is COC1(OC(=O)C2CCCN2C(=O)OC(C)(C)C)CCCC1. The van der Waals surface area contributed by atoms with Crippen LogP contribution in [0, 0.1) is 0 Å². The van der Waals surface area contributed by atoms with Crippen molar-refractivity contribution in [3.8, 4) is 0 Å². The van der Waals surface area contributed by atoms with E-state index in [1.165, 1.54) is 4.90 Å². The van der Waals surface area contributed by atoms with Crippen molar-refractivity contribution in [2.45, 2.75) is 76.7 Å². The zero-order chi connectivity index (χ0) is 16.4. The Kier molecular flexibility index (Phi) is 5.00.